The van der Waals surface area contributed by atoms with Crippen LogP contribution in [0.25, 0.3) is 11.1 Å². The highest BCUT2D eigenvalue weighted by Gasteiger charge is 2.21. The Hall–Kier alpha value is -2.08. The van der Waals surface area contributed by atoms with E-state index in [0.717, 1.165) is 25.9 Å². The minimum Gasteiger partial charge on any atom is -0.478 e. The number of anilines is 1. The molecule has 6 heteroatoms. The van der Waals surface area contributed by atoms with E-state index in [1.807, 2.05) is 4.90 Å². The molecule has 19 heavy (non-hydrogen) atoms. The number of benzene rings is 1. The number of nitrogens with zero attached hydrogens (tertiary/aromatic N) is 2. The van der Waals surface area contributed by atoms with Gasteiger partial charge in [-0.3, -0.25) is 0 Å². The average molecular weight is 261 g/mol. The van der Waals surface area contributed by atoms with Crippen LogP contribution in [0, 0.1) is 0 Å². The zero-order chi connectivity index (χ0) is 13.4. The van der Waals surface area contributed by atoms with E-state index in [-0.39, 0.29) is 11.6 Å². The van der Waals surface area contributed by atoms with Gasteiger partial charge in [-0.25, -0.2) is 4.79 Å². The molecule has 0 aliphatic carbocycles. The molecule has 1 aromatic heterocycles. The number of carbonyl (C=O) groups is 1. The van der Waals surface area contributed by atoms with Crippen molar-refractivity contribution in [1.82, 2.24) is 4.98 Å². The zero-order valence-electron chi connectivity index (χ0n) is 10.4. The van der Waals surface area contributed by atoms with Gasteiger partial charge in [-0.1, -0.05) is 0 Å². The quantitative estimate of drug-likeness (QED) is 0.850. The van der Waals surface area contributed by atoms with E-state index in [1.165, 1.54) is 12.1 Å². The molecule has 0 saturated carbocycles. The van der Waals surface area contributed by atoms with E-state index in [0.29, 0.717) is 17.1 Å². The molecule has 6 nitrogen and oxygen atoms in total. The SMILES string of the molecule is NC1CCCN(c2nc3ccc(C(=O)O)cc3o2)C1. The number of aromatic carboxylic acids is 1. The molecule has 0 bridgehead atoms. The first-order valence-corrected chi connectivity index (χ1v) is 6.28. The van der Waals surface area contributed by atoms with Crippen molar-refractivity contribution < 1.29 is 14.3 Å². The number of rotatable bonds is 2. The van der Waals surface area contributed by atoms with Crippen LogP contribution in [0.15, 0.2) is 22.6 Å². The summed E-state index contributed by atoms with van der Waals surface area (Å²) in [5, 5.41) is 8.95. The molecular formula is C13H15N3O3. The first kappa shape index (κ1) is 12.0. The zero-order valence-corrected chi connectivity index (χ0v) is 10.4. The Kier molecular flexibility index (Phi) is 2.87. The van der Waals surface area contributed by atoms with Crippen LogP contribution in [-0.2, 0) is 0 Å². The summed E-state index contributed by atoms with van der Waals surface area (Å²) in [6, 6.07) is 5.35. The Labute approximate surface area is 109 Å². The number of fused-ring (bicyclic) bond motifs is 1. The second kappa shape index (κ2) is 4.55. The third kappa shape index (κ3) is 2.26. The Bertz CT molecular complexity index is 623. The van der Waals surface area contributed by atoms with Crippen molar-refractivity contribution in [3.63, 3.8) is 0 Å². The summed E-state index contributed by atoms with van der Waals surface area (Å²) in [4.78, 5) is 17.3. The average Bonchev–Trinajstić information content (AvgIpc) is 2.81. The van der Waals surface area contributed by atoms with Crippen LogP contribution in [0.3, 0.4) is 0 Å². The molecule has 0 amide bonds. The first-order valence-electron chi connectivity index (χ1n) is 6.28. The van der Waals surface area contributed by atoms with Crippen molar-refractivity contribution in [3.8, 4) is 0 Å². The highest BCUT2D eigenvalue weighted by atomic mass is 16.4. The van der Waals surface area contributed by atoms with Crippen LogP contribution in [0.5, 0.6) is 0 Å². The molecule has 3 rings (SSSR count). The number of hydrogen-bond acceptors (Lipinski definition) is 5. The smallest absolute Gasteiger partial charge is 0.335 e. The topological polar surface area (TPSA) is 92.6 Å². The third-order valence-corrected chi connectivity index (χ3v) is 3.35. The number of oxazole rings is 1. The Balaban J connectivity index is 1.94. The maximum Gasteiger partial charge on any atom is 0.335 e. The lowest BCUT2D eigenvalue weighted by Gasteiger charge is -2.29. The molecule has 1 unspecified atom stereocenters. The molecule has 3 N–H and O–H groups in total. The number of aromatic nitrogens is 1. The molecule has 1 fully saturated rings. The van der Waals surface area contributed by atoms with E-state index in [1.54, 1.807) is 6.07 Å². The van der Waals surface area contributed by atoms with Crippen LogP contribution in [-0.4, -0.2) is 35.2 Å². The summed E-state index contributed by atoms with van der Waals surface area (Å²) in [6.45, 7) is 1.59. The van der Waals surface area contributed by atoms with Crippen molar-refractivity contribution in [3.05, 3.63) is 23.8 Å². The van der Waals surface area contributed by atoms with Gasteiger partial charge in [-0.2, -0.15) is 4.98 Å². The van der Waals surface area contributed by atoms with Crippen molar-refractivity contribution in [2.45, 2.75) is 18.9 Å². The monoisotopic (exact) mass is 261 g/mol. The maximum absolute atomic E-state index is 10.9. The molecule has 0 radical (unpaired) electrons. The third-order valence-electron chi connectivity index (χ3n) is 3.35. The van der Waals surface area contributed by atoms with Crippen LogP contribution in [0.4, 0.5) is 6.01 Å². The second-order valence-electron chi connectivity index (χ2n) is 4.83. The summed E-state index contributed by atoms with van der Waals surface area (Å²) in [7, 11) is 0. The Morgan fingerprint density at radius 3 is 3.11 bits per heavy atom. The van der Waals surface area contributed by atoms with Crippen molar-refractivity contribution in [1.29, 1.82) is 0 Å². The second-order valence-corrected chi connectivity index (χ2v) is 4.83. The summed E-state index contributed by atoms with van der Waals surface area (Å²) in [6.07, 6.45) is 2.03. The van der Waals surface area contributed by atoms with Gasteiger partial charge in [0.2, 0.25) is 0 Å². The molecule has 1 aliphatic rings. The van der Waals surface area contributed by atoms with E-state index >= 15 is 0 Å². The van der Waals surface area contributed by atoms with Gasteiger partial charge >= 0.3 is 5.97 Å². The summed E-state index contributed by atoms with van der Waals surface area (Å²) >= 11 is 0. The fourth-order valence-electron chi connectivity index (χ4n) is 2.36. The van der Waals surface area contributed by atoms with Crippen molar-refractivity contribution in [2.75, 3.05) is 18.0 Å². The maximum atomic E-state index is 10.9. The molecular weight excluding hydrogens is 246 g/mol. The van der Waals surface area contributed by atoms with Gasteiger partial charge in [0.15, 0.2) is 5.58 Å². The number of hydrogen-bond donors (Lipinski definition) is 2. The predicted molar refractivity (Wildman–Crippen MR) is 70.4 cm³/mol. The van der Waals surface area contributed by atoms with Gasteiger partial charge in [-0.05, 0) is 31.0 Å². The van der Waals surface area contributed by atoms with Crippen LogP contribution >= 0.6 is 0 Å². The molecule has 2 heterocycles. The lowest BCUT2D eigenvalue weighted by atomic mass is 10.1. The largest absolute Gasteiger partial charge is 0.478 e. The van der Waals surface area contributed by atoms with Gasteiger partial charge in [0.05, 0.1) is 5.56 Å². The molecule has 0 spiro atoms. The van der Waals surface area contributed by atoms with Gasteiger partial charge in [0.1, 0.15) is 5.52 Å². The Morgan fingerprint density at radius 1 is 1.53 bits per heavy atom. The standard InChI is InChI=1S/C13H15N3O3/c14-9-2-1-5-16(7-9)13-15-10-4-3-8(12(17)18)6-11(10)19-13/h3-4,6,9H,1-2,5,7,14H2,(H,17,18). The lowest BCUT2D eigenvalue weighted by molar-refractivity contribution is 0.0697. The molecule has 1 atom stereocenters. The van der Waals surface area contributed by atoms with Gasteiger partial charge in [0.25, 0.3) is 6.01 Å². The van der Waals surface area contributed by atoms with Crippen molar-refractivity contribution in [2.24, 2.45) is 5.73 Å². The fourth-order valence-corrected chi connectivity index (χ4v) is 2.36. The van der Waals surface area contributed by atoms with Crippen LogP contribution < -0.4 is 10.6 Å². The van der Waals surface area contributed by atoms with Gasteiger partial charge < -0.3 is 20.2 Å². The van der Waals surface area contributed by atoms with Crippen LogP contribution in [0.2, 0.25) is 0 Å². The first-order chi connectivity index (χ1) is 9.13. The highest BCUT2D eigenvalue weighted by molar-refractivity contribution is 5.92. The van der Waals surface area contributed by atoms with E-state index in [4.69, 9.17) is 15.3 Å². The Morgan fingerprint density at radius 2 is 2.37 bits per heavy atom. The van der Waals surface area contributed by atoms with E-state index in [9.17, 15) is 4.79 Å². The van der Waals surface area contributed by atoms with Crippen molar-refractivity contribution >= 4 is 23.1 Å². The number of nitrogens with two attached hydrogens (primary N) is 1. The number of piperidine rings is 1. The van der Waals surface area contributed by atoms with E-state index in [2.05, 4.69) is 4.98 Å². The minimum absolute atomic E-state index is 0.137. The molecule has 1 saturated heterocycles. The van der Waals surface area contributed by atoms with Gasteiger partial charge in [0, 0.05) is 19.1 Å². The van der Waals surface area contributed by atoms with Gasteiger partial charge in [-0.15, -0.1) is 0 Å². The predicted octanol–water partition coefficient (Wildman–Crippen LogP) is 1.45. The van der Waals surface area contributed by atoms with E-state index < -0.39 is 5.97 Å². The molecule has 1 aliphatic heterocycles. The minimum atomic E-state index is -0.972. The highest BCUT2D eigenvalue weighted by Crippen LogP contribution is 2.25. The summed E-state index contributed by atoms with van der Waals surface area (Å²) in [5.41, 5.74) is 7.29. The normalized spacial score (nSPS) is 19.8. The lowest BCUT2D eigenvalue weighted by Crippen LogP contribution is -2.42. The van der Waals surface area contributed by atoms with Crippen LogP contribution in [0.1, 0.15) is 23.2 Å². The number of carboxylic acids is 1. The fraction of sp³-hybridized carbons (Fsp3) is 0.385. The molecule has 100 valence electrons. The summed E-state index contributed by atoms with van der Waals surface area (Å²) in [5.74, 6) is -0.972. The number of carboxylic acid groups (broad SMARTS) is 1. The molecule has 1 aromatic carbocycles. The molecule has 2 aromatic rings. The summed E-state index contributed by atoms with van der Waals surface area (Å²) < 4.78 is 5.64.